The van der Waals surface area contributed by atoms with Crippen LogP contribution in [0.3, 0.4) is 0 Å². The second-order valence-corrected chi connectivity index (χ2v) is 5.82. The maximum Gasteiger partial charge on any atom is 0.416 e. The van der Waals surface area contributed by atoms with Crippen molar-refractivity contribution < 1.29 is 18.0 Å². The molecule has 1 amide bonds. The normalized spacial score (nSPS) is 13.9. The van der Waals surface area contributed by atoms with E-state index < -0.39 is 17.2 Å². The van der Waals surface area contributed by atoms with Crippen molar-refractivity contribution in [3.63, 3.8) is 0 Å². The fraction of sp³-hybridized carbons (Fsp3) is 0.533. The Morgan fingerprint density at radius 2 is 1.86 bits per heavy atom. The molecule has 0 bridgehead atoms. The first-order valence-corrected chi connectivity index (χ1v) is 6.73. The van der Waals surface area contributed by atoms with Crippen LogP contribution in [0.15, 0.2) is 24.3 Å². The molecule has 3 nitrogen and oxygen atoms in total. The molecule has 0 aliphatic carbocycles. The Morgan fingerprint density at radius 1 is 1.29 bits per heavy atom. The highest BCUT2D eigenvalue weighted by molar-refractivity contribution is 5.78. The number of nitrogens with one attached hydrogen (secondary N) is 1. The maximum atomic E-state index is 12.7. The summed E-state index contributed by atoms with van der Waals surface area (Å²) in [5.41, 5.74) is 4.64. The van der Waals surface area contributed by atoms with Crippen LogP contribution in [0.25, 0.3) is 0 Å². The number of amides is 1. The van der Waals surface area contributed by atoms with E-state index in [1.165, 1.54) is 6.07 Å². The molecule has 0 aromatic heterocycles. The van der Waals surface area contributed by atoms with Gasteiger partial charge in [-0.1, -0.05) is 39.0 Å². The third-order valence-electron chi connectivity index (χ3n) is 3.48. The first kappa shape index (κ1) is 17.5. The van der Waals surface area contributed by atoms with E-state index in [-0.39, 0.29) is 24.9 Å². The zero-order chi connectivity index (χ0) is 16.3. The van der Waals surface area contributed by atoms with Crippen LogP contribution in [-0.4, -0.2) is 19.0 Å². The van der Waals surface area contributed by atoms with Gasteiger partial charge in [0.25, 0.3) is 0 Å². The lowest BCUT2D eigenvalue weighted by atomic mass is 9.83. The standard InChI is InChI=1S/C15H21F3N2O/c1-10(8-19)13(21)20-9-14(2,3)11-5-4-6-12(7-11)15(16,17)18/h4-7,10H,8-9,19H2,1-3H3,(H,20,21). The minimum atomic E-state index is -4.37. The lowest BCUT2D eigenvalue weighted by Crippen LogP contribution is -2.40. The van der Waals surface area contributed by atoms with Gasteiger partial charge in [-0.25, -0.2) is 0 Å². The Balaban J connectivity index is 2.85. The van der Waals surface area contributed by atoms with Gasteiger partial charge in [-0.3, -0.25) is 4.79 Å². The van der Waals surface area contributed by atoms with E-state index in [1.54, 1.807) is 26.8 Å². The van der Waals surface area contributed by atoms with E-state index in [0.29, 0.717) is 5.56 Å². The number of carbonyl (C=O) groups is 1. The summed E-state index contributed by atoms with van der Waals surface area (Å²) < 4.78 is 38.2. The van der Waals surface area contributed by atoms with Crippen LogP contribution >= 0.6 is 0 Å². The molecule has 1 rings (SSSR count). The summed E-state index contributed by atoms with van der Waals surface area (Å²) in [7, 11) is 0. The number of hydrogen-bond acceptors (Lipinski definition) is 2. The van der Waals surface area contributed by atoms with Crippen molar-refractivity contribution >= 4 is 5.91 Å². The van der Waals surface area contributed by atoms with E-state index in [1.807, 2.05) is 0 Å². The molecule has 1 unspecified atom stereocenters. The van der Waals surface area contributed by atoms with Crippen LogP contribution in [0.5, 0.6) is 0 Å². The van der Waals surface area contributed by atoms with Crippen LogP contribution in [0.4, 0.5) is 13.2 Å². The predicted octanol–water partition coefficient (Wildman–Crippen LogP) is 2.69. The Labute approximate surface area is 122 Å². The van der Waals surface area contributed by atoms with Gasteiger partial charge in [0.1, 0.15) is 0 Å². The number of benzene rings is 1. The van der Waals surface area contributed by atoms with E-state index in [0.717, 1.165) is 12.1 Å². The molecule has 0 spiro atoms. The molecule has 0 saturated carbocycles. The second kappa shape index (κ2) is 6.47. The minimum Gasteiger partial charge on any atom is -0.355 e. The van der Waals surface area contributed by atoms with Crippen molar-refractivity contribution in [3.8, 4) is 0 Å². The molecule has 1 atom stereocenters. The van der Waals surface area contributed by atoms with Gasteiger partial charge in [0.2, 0.25) is 5.91 Å². The zero-order valence-electron chi connectivity index (χ0n) is 12.4. The van der Waals surface area contributed by atoms with Crippen molar-refractivity contribution in [2.24, 2.45) is 11.7 Å². The minimum absolute atomic E-state index is 0.197. The molecule has 0 fully saturated rings. The quantitative estimate of drug-likeness (QED) is 0.878. The summed E-state index contributed by atoms with van der Waals surface area (Å²) in [6.07, 6.45) is -4.37. The molecule has 0 heterocycles. The van der Waals surface area contributed by atoms with Crippen LogP contribution in [0.1, 0.15) is 31.9 Å². The lowest BCUT2D eigenvalue weighted by molar-refractivity contribution is -0.137. The molecule has 1 aromatic carbocycles. The van der Waals surface area contributed by atoms with Gasteiger partial charge >= 0.3 is 6.18 Å². The Kier molecular flexibility index (Phi) is 5.39. The molecule has 3 N–H and O–H groups in total. The summed E-state index contributed by atoms with van der Waals surface area (Å²) >= 11 is 0. The average Bonchev–Trinajstić information content (AvgIpc) is 2.43. The third-order valence-corrected chi connectivity index (χ3v) is 3.48. The molecule has 0 radical (unpaired) electrons. The van der Waals surface area contributed by atoms with Gasteiger partial charge in [-0.2, -0.15) is 13.2 Å². The topological polar surface area (TPSA) is 55.1 Å². The average molecular weight is 302 g/mol. The Bertz CT molecular complexity index is 498. The van der Waals surface area contributed by atoms with Gasteiger partial charge < -0.3 is 11.1 Å². The van der Waals surface area contributed by atoms with Crippen molar-refractivity contribution in [2.75, 3.05) is 13.1 Å². The number of nitrogens with two attached hydrogens (primary N) is 1. The van der Waals surface area contributed by atoms with Crippen molar-refractivity contribution in [2.45, 2.75) is 32.4 Å². The second-order valence-electron chi connectivity index (χ2n) is 5.82. The van der Waals surface area contributed by atoms with E-state index in [2.05, 4.69) is 5.32 Å². The van der Waals surface area contributed by atoms with Crippen molar-refractivity contribution in [1.82, 2.24) is 5.32 Å². The van der Waals surface area contributed by atoms with Crippen molar-refractivity contribution in [1.29, 1.82) is 0 Å². The predicted molar refractivity (Wildman–Crippen MR) is 75.7 cm³/mol. The highest BCUT2D eigenvalue weighted by Crippen LogP contribution is 2.32. The van der Waals surface area contributed by atoms with Crippen LogP contribution < -0.4 is 11.1 Å². The van der Waals surface area contributed by atoms with Gasteiger partial charge in [0, 0.05) is 24.4 Å². The molecule has 1 aromatic rings. The number of hydrogen-bond donors (Lipinski definition) is 2. The maximum absolute atomic E-state index is 12.7. The number of rotatable bonds is 5. The van der Waals surface area contributed by atoms with Gasteiger partial charge in [0.05, 0.1) is 5.56 Å². The summed E-state index contributed by atoms with van der Waals surface area (Å²) in [6.45, 7) is 5.76. The monoisotopic (exact) mass is 302 g/mol. The smallest absolute Gasteiger partial charge is 0.355 e. The highest BCUT2D eigenvalue weighted by atomic mass is 19.4. The zero-order valence-corrected chi connectivity index (χ0v) is 12.4. The first-order chi connectivity index (χ1) is 9.58. The molecule has 0 aliphatic rings. The first-order valence-electron chi connectivity index (χ1n) is 6.73. The molecule has 0 saturated heterocycles. The fourth-order valence-corrected chi connectivity index (χ4v) is 1.81. The molecule has 118 valence electrons. The molecular weight excluding hydrogens is 281 g/mol. The SMILES string of the molecule is CC(CN)C(=O)NCC(C)(C)c1cccc(C(F)(F)F)c1. The summed E-state index contributed by atoms with van der Waals surface area (Å²) in [5, 5.41) is 2.73. The van der Waals surface area contributed by atoms with Crippen LogP contribution in [-0.2, 0) is 16.4 Å². The van der Waals surface area contributed by atoms with E-state index in [4.69, 9.17) is 5.73 Å². The summed E-state index contributed by atoms with van der Waals surface area (Å²) in [6, 6.07) is 5.17. The molecule has 6 heteroatoms. The van der Waals surface area contributed by atoms with E-state index in [9.17, 15) is 18.0 Å². The Morgan fingerprint density at radius 3 is 2.38 bits per heavy atom. The van der Waals surface area contributed by atoms with Crippen LogP contribution in [0, 0.1) is 5.92 Å². The van der Waals surface area contributed by atoms with Crippen molar-refractivity contribution in [3.05, 3.63) is 35.4 Å². The number of carbonyl (C=O) groups excluding carboxylic acids is 1. The molecule has 21 heavy (non-hydrogen) atoms. The van der Waals surface area contributed by atoms with Crippen LogP contribution in [0.2, 0.25) is 0 Å². The van der Waals surface area contributed by atoms with E-state index >= 15 is 0 Å². The molecule has 0 aliphatic heterocycles. The highest BCUT2D eigenvalue weighted by Gasteiger charge is 2.32. The molecular formula is C15H21F3N2O. The largest absolute Gasteiger partial charge is 0.416 e. The number of alkyl halides is 3. The number of halogens is 3. The third kappa shape index (κ3) is 4.74. The Hall–Kier alpha value is -1.56. The lowest BCUT2D eigenvalue weighted by Gasteiger charge is -2.27. The van der Waals surface area contributed by atoms with Gasteiger partial charge in [-0.05, 0) is 11.6 Å². The summed E-state index contributed by atoms with van der Waals surface area (Å²) in [4.78, 5) is 11.7. The van der Waals surface area contributed by atoms with Gasteiger partial charge in [-0.15, -0.1) is 0 Å². The summed E-state index contributed by atoms with van der Waals surface area (Å²) in [5.74, 6) is -0.514. The van der Waals surface area contributed by atoms with Gasteiger partial charge in [0.15, 0.2) is 0 Å². The fourth-order valence-electron chi connectivity index (χ4n) is 1.81.